The predicted octanol–water partition coefficient (Wildman–Crippen LogP) is 2.32. The third-order valence-electron chi connectivity index (χ3n) is 5.42. The Morgan fingerprint density at radius 1 is 1.07 bits per heavy atom. The van der Waals surface area contributed by atoms with Crippen molar-refractivity contribution < 1.29 is 13.2 Å². The lowest BCUT2D eigenvalue weighted by atomic mass is 10.1. The monoisotopic (exact) mass is 431 g/mol. The molecule has 154 valence electrons. The topological polar surface area (TPSA) is 70.6 Å². The number of hydrogen-bond acceptors (Lipinski definition) is 6. The molecule has 0 aliphatic carbocycles. The zero-order valence-electron chi connectivity index (χ0n) is 16.2. The summed E-state index contributed by atoms with van der Waals surface area (Å²) in [7, 11) is -2.93. The summed E-state index contributed by atoms with van der Waals surface area (Å²) in [6.45, 7) is 3.93. The number of rotatable bonds is 5. The Bertz CT molecular complexity index is 958. The zero-order valence-corrected chi connectivity index (χ0v) is 17.9. The second-order valence-corrected chi connectivity index (χ2v) is 11.1. The number of hydrogen-bond donors (Lipinski definition) is 0. The average Bonchev–Trinajstić information content (AvgIpc) is 3.07. The Balaban J connectivity index is 1.38. The van der Waals surface area contributed by atoms with E-state index < -0.39 is 9.84 Å². The third-order valence-corrected chi connectivity index (χ3v) is 8.74. The van der Waals surface area contributed by atoms with Crippen LogP contribution < -0.4 is 0 Å². The average molecular weight is 432 g/mol. The summed E-state index contributed by atoms with van der Waals surface area (Å²) in [4.78, 5) is 22.4. The maximum absolute atomic E-state index is 13.2. The minimum Gasteiger partial charge on any atom is -0.336 e. The fourth-order valence-electron chi connectivity index (χ4n) is 3.81. The van der Waals surface area contributed by atoms with E-state index in [-0.39, 0.29) is 22.7 Å². The van der Waals surface area contributed by atoms with E-state index in [1.54, 1.807) is 12.4 Å². The van der Waals surface area contributed by atoms with Crippen LogP contribution in [0.4, 0.5) is 0 Å². The van der Waals surface area contributed by atoms with Crippen molar-refractivity contribution in [2.75, 3.05) is 37.7 Å². The molecule has 0 radical (unpaired) electrons. The number of benzene rings is 1. The summed E-state index contributed by atoms with van der Waals surface area (Å²) in [5, 5.41) is 0.0335. The lowest BCUT2D eigenvalue weighted by molar-refractivity contribution is 0.0625. The lowest BCUT2D eigenvalue weighted by Gasteiger charge is -2.35. The van der Waals surface area contributed by atoms with Crippen molar-refractivity contribution in [3.63, 3.8) is 0 Å². The Morgan fingerprint density at radius 3 is 2.48 bits per heavy atom. The molecule has 8 heteroatoms. The van der Waals surface area contributed by atoms with Gasteiger partial charge in [0.1, 0.15) is 0 Å². The Kier molecular flexibility index (Phi) is 6.22. The van der Waals surface area contributed by atoms with E-state index in [9.17, 15) is 13.2 Å². The molecule has 1 aromatic heterocycles. The van der Waals surface area contributed by atoms with E-state index in [2.05, 4.69) is 9.88 Å². The molecule has 2 fully saturated rings. The van der Waals surface area contributed by atoms with Crippen molar-refractivity contribution >= 4 is 27.5 Å². The number of aromatic nitrogens is 1. The summed E-state index contributed by atoms with van der Waals surface area (Å²) >= 11 is 1.53. The van der Waals surface area contributed by atoms with Crippen molar-refractivity contribution in [1.82, 2.24) is 14.8 Å². The zero-order chi connectivity index (χ0) is 20.3. The second-order valence-electron chi connectivity index (χ2n) is 7.56. The van der Waals surface area contributed by atoms with Gasteiger partial charge in [0.2, 0.25) is 0 Å². The SMILES string of the molecule is O=C(c1ccccc1S[C@@H]1CCS(=O)(=O)C1)N1CCN(Cc2ccncc2)CC1. The minimum absolute atomic E-state index is 0.0335. The highest BCUT2D eigenvalue weighted by atomic mass is 32.2. The van der Waals surface area contributed by atoms with Gasteiger partial charge in [-0.05, 0) is 36.2 Å². The summed E-state index contributed by atoms with van der Waals surface area (Å²) in [6.07, 6.45) is 4.27. The summed E-state index contributed by atoms with van der Waals surface area (Å²) in [6, 6.07) is 11.6. The Labute approximate surface area is 176 Å². The quantitative estimate of drug-likeness (QED) is 0.724. The van der Waals surface area contributed by atoms with E-state index in [1.165, 1.54) is 17.3 Å². The van der Waals surface area contributed by atoms with Crippen LogP contribution in [0.3, 0.4) is 0 Å². The molecule has 2 saturated heterocycles. The maximum atomic E-state index is 13.2. The predicted molar refractivity (Wildman–Crippen MR) is 115 cm³/mol. The highest BCUT2D eigenvalue weighted by Crippen LogP contribution is 2.33. The molecule has 2 aromatic rings. The number of sulfone groups is 1. The number of piperazine rings is 1. The molecule has 1 amide bonds. The summed E-state index contributed by atoms with van der Waals surface area (Å²) < 4.78 is 23.5. The van der Waals surface area contributed by atoms with Gasteiger partial charge in [-0.15, -0.1) is 11.8 Å². The van der Waals surface area contributed by atoms with Gasteiger partial charge in [-0.25, -0.2) is 8.42 Å². The first-order valence-electron chi connectivity index (χ1n) is 9.87. The highest BCUT2D eigenvalue weighted by molar-refractivity contribution is 8.02. The molecule has 1 atom stereocenters. The molecule has 2 aliphatic rings. The van der Waals surface area contributed by atoms with Gasteiger partial charge in [0.25, 0.3) is 5.91 Å². The van der Waals surface area contributed by atoms with Crippen LogP contribution in [0, 0.1) is 0 Å². The van der Waals surface area contributed by atoms with Crippen molar-refractivity contribution in [1.29, 1.82) is 0 Å². The Hall–Kier alpha value is -1.90. The molecule has 1 aromatic carbocycles. The third kappa shape index (κ3) is 5.18. The van der Waals surface area contributed by atoms with Gasteiger partial charge >= 0.3 is 0 Å². The molecule has 6 nitrogen and oxygen atoms in total. The van der Waals surface area contributed by atoms with E-state index in [0.717, 1.165) is 24.5 Å². The minimum atomic E-state index is -2.93. The first kappa shape index (κ1) is 20.4. The summed E-state index contributed by atoms with van der Waals surface area (Å²) in [5.41, 5.74) is 1.91. The molecule has 0 N–H and O–H groups in total. The fourth-order valence-corrected chi connectivity index (χ4v) is 7.43. The molecule has 3 heterocycles. The van der Waals surface area contributed by atoms with Gasteiger partial charge in [0.15, 0.2) is 9.84 Å². The first-order valence-corrected chi connectivity index (χ1v) is 12.6. The molecule has 0 unspecified atom stereocenters. The van der Waals surface area contributed by atoms with Gasteiger partial charge in [-0.1, -0.05) is 12.1 Å². The fraction of sp³-hybridized carbons (Fsp3) is 0.429. The van der Waals surface area contributed by atoms with E-state index in [4.69, 9.17) is 0 Å². The normalized spacial score (nSPS) is 21.9. The largest absolute Gasteiger partial charge is 0.336 e. The molecule has 0 saturated carbocycles. The van der Waals surface area contributed by atoms with Crippen LogP contribution in [0.15, 0.2) is 53.7 Å². The summed E-state index contributed by atoms with van der Waals surface area (Å²) in [5.74, 6) is 0.492. The number of thioether (sulfide) groups is 1. The number of carbonyl (C=O) groups is 1. The lowest BCUT2D eigenvalue weighted by Crippen LogP contribution is -2.48. The maximum Gasteiger partial charge on any atom is 0.255 e. The molecule has 0 spiro atoms. The van der Waals surface area contributed by atoms with Crippen LogP contribution in [0.5, 0.6) is 0 Å². The van der Waals surface area contributed by atoms with Crippen molar-refractivity contribution in [3.8, 4) is 0 Å². The molecule has 2 aliphatic heterocycles. The van der Waals surface area contributed by atoms with Crippen molar-refractivity contribution in [3.05, 3.63) is 59.9 Å². The van der Waals surface area contributed by atoms with Gasteiger partial charge in [0, 0.05) is 55.3 Å². The van der Waals surface area contributed by atoms with Crippen LogP contribution in [0.25, 0.3) is 0 Å². The highest BCUT2D eigenvalue weighted by Gasteiger charge is 2.30. The molecular weight excluding hydrogens is 406 g/mol. The number of nitrogens with zero attached hydrogens (tertiary/aromatic N) is 3. The van der Waals surface area contributed by atoms with E-state index >= 15 is 0 Å². The van der Waals surface area contributed by atoms with Crippen LogP contribution in [0.2, 0.25) is 0 Å². The smallest absolute Gasteiger partial charge is 0.255 e. The van der Waals surface area contributed by atoms with Gasteiger partial charge in [-0.3, -0.25) is 14.7 Å². The van der Waals surface area contributed by atoms with Crippen LogP contribution in [-0.2, 0) is 16.4 Å². The second kappa shape index (κ2) is 8.85. The number of pyridine rings is 1. The standard InChI is InChI=1S/C21H25N3O3S2/c25-21(24-12-10-23(11-13-24)15-17-5-8-22-9-6-17)19-3-1-2-4-20(19)28-18-7-14-29(26,27)16-18/h1-6,8-9,18H,7,10-16H2/t18-/m1/s1. The molecule has 29 heavy (non-hydrogen) atoms. The van der Waals surface area contributed by atoms with E-state index in [1.807, 2.05) is 41.3 Å². The van der Waals surface area contributed by atoms with Crippen LogP contribution >= 0.6 is 11.8 Å². The number of carbonyl (C=O) groups excluding carboxylic acids is 1. The van der Waals surface area contributed by atoms with E-state index in [0.29, 0.717) is 25.1 Å². The van der Waals surface area contributed by atoms with Crippen molar-refractivity contribution in [2.45, 2.75) is 23.1 Å². The first-order chi connectivity index (χ1) is 14.0. The molecule has 0 bridgehead atoms. The van der Waals surface area contributed by atoms with Crippen LogP contribution in [0.1, 0.15) is 22.3 Å². The number of amides is 1. The van der Waals surface area contributed by atoms with Gasteiger partial charge in [0.05, 0.1) is 17.1 Å². The van der Waals surface area contributed by atoms with Crippen LogP contribution in [-0.4, -0.2) is 72.0 Å². The Morgan fingerprint density at radius 2 is 1.79 bits per heavy atom. The van der Waals surface area contributed by atoms with Gasteiger partial charge in [-0.2, -0.15) is 0 Å². The van der Waals surface area contributed by atoms with Crippen molar-refractivity contribution in [2.24, 2.45) is 0 Å². The molecule has 4 rings (SSSR count). The van der Waals surface area contributed by atoms with Gasteiger partial charge < -0.3 is 4.90 Å². The molecular formula is C21H25N3O3S2.